The minimum atomic E-state index is -3.48. The maximum atomic E-state index is 12.1. The summed E-state index contributed by atoms with van der Waals surface area (Å²) in [5, 5.41) is 3.53. The van der Waals surface area contributed by atoms with E-state index in [9.17, 15) is 13.2 Å². The summed E-state index contributed by atoms with van der Waals surface area (Å²) in [7, 11) is -1.94. The molecule has 0 saturated heterocycles. The Morgan fingerprint density at radius 1 is 1.11 bits per heavy atom. The van der Waals surface area contributed by atoms with Gasteiger partial charge in [0.05, 0.1) is 19.1 Å². The third kappa shape index (κ3) is 6.61. The Morgan fingerprint density at radius 2 is 1.70 bits per heavy atom. The standard InChI is InChI=1S/C18H20Cl2N2O4S/c1-26-17-7-5-16(6-8-17)22(27(2,24)25)9-3-4-18(23)21-15-11-13(19)10-14(20)12-15/h5-8,10-12H,3-4,9H2,1-2H3,(H,21,23). The minimum Gasteiger partial charge on any atom is -0.497 e. The third-order valence-electron chi connectivity index (χ3n) is 3.67. The lowest BCUT2D eigenvalue weighted by atomic mass is 10.2. The van der Waals surface area contributed by atoms with Crippen molar-refractivity contribution < 1.29 is 17.9 Å². The molecule has 0 bridgehead atoms. The van der Waals surface area contributed by atoms with Gasteiger partial charge in [0.2, 0.25) is 15.9 Å². The second kappa shape index (κ2) is 9.30. The summed E-state index contributed by atoms with van der Waals surface area (Å²) in [4.78, 5) is 12.1. The summed E-state index contributed by atoms with van der Waals surface area (Å²) in [6.45, 7) is 0.175. The topological polar surface area (TPSA) is 75.7 Å². The molecule has 1 N–H and O–H groups in total. The number of anilines is 2. The van der Waals surface area contributed by atoms with Gasteiger partial charge in [0.1, 0.15) is 5.75 Å². The van der Waals surface area contributed by atoms with Crippen LogP contribution in [0.4, 0.5) is 11.4 Å². The van der Waals surface area contributed by atoms with Gasteiger partial charge in [0.15, 0.2) is 0 Å². The molecule has 2 aromatic rings. The number of nitrogens with one attached hydrogen (secondary N) is 1. The molecule has 146 valence electrons. The molecule has 0 aliphatic rings. The Hall–Kier alpha value is -1.96. The largest absolute Gasteiger partial charge is 0.497 e. The Bertz CT molecular complexity index is 882. The molecule has 2 aromatic carbocycles. The number of methoxy groups -OCH3 is 1. The van der Waals surface area contributed by atoms with Crippen molar-refractivity contribution in [1.82, 2.24) is 0 Å². The zero-order valence-electron chi connectivity index (χ0n) is 14.9. The van der Waals surface area contributed by atoms with Crippen molar-refractivity contribution in [2.45, 2.75) is 12.8 Å². The fourth-order valence-corrected chi connectivity index (χ4v) is 3.96. The van der Waals surface area contributed by atoms with Crippen LogP contribution in [-0.4, -0.2) is 34.2 Å². The van der Waals surface area contributed by atoms with Gasteiger partial charge in [-0.05, 0) is 48.9 Å². The predicted molar refractivity (Wildman–Crippen MR) is 110 cm³/mol. The zero-order valence-corrected chi connectivity index (χ0v) is 17.2. The van der Waals surface area contributed by atoms with Crippen LogP contribution in [-0.2, 0) is 14.8 Å². The van der Waals surface area contributed by atoms with Crippen LogP contribution >= 0.6 is 23.2 Å². The van der Waals surface area contributed by atoms with Gasteiger partial charge in [0, 0.05) is 28.7 Å². The maximum absolute atomic E-state index is 12.1. The smallest absolute Gasteiger partial charge is 0.232 e. The van der Waals surface area contributed by atoms with E-state index in [2.05, 4.69) is 5.32 Å². The Morgan fingerprint density at radius 3 is 2.22 bits per heavy atom. The second-order valence-electron chi connectivity index (χ2n) is 5.84. The molecule has 0 atom stereocenters. The first-order valence-corrected chi connectivity index (χ1v) is 10.7. The molecule has 0 fully saturated rings. The van der Waals surface area contributed by atoms with Gasteiger partial charge in [-0.1, -0.05) is 23.2 Å². The van der Waals surface area contributed by atoms with E-state index < -0.39 is 10.0 Å². The van der Waals surface area contributed by atoms with Gasteiger partial charge < -0.3 is 10.1 Å². The molecule has 9 heteroatoms. The van der Waals surface area contributed by atoms with E-state index >= 15 is 0 Å². The number of benzene rings is 2. The molecule has 0 aromatic heterocycles. The first-order valence-electron chi connectivity index (χ1n) is 8.07. The van der Waals surface area contributed by atoms with Crippen LogP contribution in [0.3, 0.4) is 0 Å². The van der Waals surface area contributed by atoms with Crippen molar-refractivity contribution in [2.24, 2.45) is 0 Å². The normalized spacial score (nSPS) is 11.1. The van der Waals surface area contributed by atoms with Crippen LogP contribution in [0.1, 0.15) is 12.8 Å². The molecule has 0 spiro atoms. The highest BCUT2D eigenvalue weighted by atomic mass is 35.5. The van der Waals surface area contributed by atoms with Crippen molar-refractivity contribution in [2.75, 3.05) is 29.5 Å². The molecule has 27 heavy (non-hydrogen) atoms. The van der Waals surface area contributed by atoms with E-state index in [0.717, 1.165) is 6.26 Å². The summed E-state index contributed by atoms with van der Waals surface area (Å²) >= 11 is 11.8. The van der Waals surface area contributed by atoms with Gasteiger partial charge in [-0.2, -0.15) is 0 Å². The first kappa shape index (κ1) is 21.3. The highest BCUT2D eigenvalue weighted by Gasteiger charge is 2.17. The summed E-state index contributed by atoms with van der Waals surface area (Å²) in [6.07, 6.45) is 1.62. The van der Waals surface area contributed by atoms with Gasteiger partial charge >= 0.3 is 0 Å². The summed E-state index contributed by atoms with van der Waals surface area (Å²) in [5.74, 6) is 0.378. The Labute approximate surface area is 169 Å². The van der Waals surface area contributed by atoms with Crippen molar-refractivity contribution in [1.29, 1.82) is 0 Å². The molecule has 2 rings (SSSR count). The highest BCUT2D eigenvalue weighted by molar-refractivity contribution is 7.92. The van der Waals surface area contributed by atoms with E-state index in [1.165, 1.54) is 11.4 Å². The van der Waals surface area contributed by atoms with Crippen molar-refractivity contribution in [3.8, 4) is 5.75 Å². The molecule has 6 nitrogen and oxygen atoms in total. The number of ether oxygens (including phenoxy) is 1. The monoisotopic (exact) mass is 430 g/mol. The van der Waals surface area contributed by atoms with Crippen LogP contribution in [0.25, 0.3) is 0 Å². The minimum absolute atomic E-state index is 0.145. The second-order valence-corrected chi connectivity index (χ2v) is 8.62. The lowest BCUT2D eigenvalue weighted by Crippen LogP contribution is -2.31. The summed E-state index contributed by atoms with van der Waals surface area (Å²) in [6, 6.07) is 11.4. The van der Waals surface area contributed by atoms with E-state index in [-0.39, 0.29) is 18.9 Å². The van der Waals surface area contributed by atoms with E-state index in [1.807, 2.05) is 0 Å². The molecule has 0 aliphatic heterocycles. The average Bonchev–Trinajstić information content (AvgIpc) is 2.57. The van der Waals surface area contributed by atoms with Crippen molar-refractivity contribution >= 4 is 50.5 Å². The number of carbonyl (C=O) groups is 1. The number of sulfonamides is 1. The van der Waals surface area contributed by atoms with E-state index in [0.29, 0.717) is 33.6 Å². The fraction of sp³-hybridized carbons (Fsp3) is 0.278. The highest BCUT2D eigenvalue weighted by Crippen LogP contribution is 2.24. The molecular weight excluding hydrogens is 411 g/mol. The van der Waals surface area contributed by atoms with Crippen molar-refractivity contribution in [3.05, 3.63) is 52.5 Å². The van der Waals surface area contributed by atoms with Crippen LogP contribution in [0.15, 0.2) is 42.5 Å². The number of hydrogen-bond donors (Lipinski definition) is 1. The van der Waals surface area contributed by atoms with Crippen LogP contribution < -0.4 is 14.4 Å². The predicted octanol–water partition coefficient (Wildman–Crippen LogP) is 4.19. The van der Waals surface area contributed by atoms with Crippen LogP contribution in [0.5, 0.6) is 5.75 Å². The zero-order chi connectivity index (χ0) is 20.0. The van der Waals surface area contributed by atoms with Crippen LogP contribution in [0, 0.1) is 0 Å². The molecule has 0 heterocycles. The molecule has 0 saturated carbocycles. The quantitative estimate of drug-likeness (QED) is 0.680. The summed E-state index contributed by atoms with van der Waals surface area (Å²) < 4.78 is 30.5. The van der Waals surface area contributed by atoms with Gasteiger partial charge in [-0.15, -0.1) is 0 Å². The molecular formula is C18H20Cl2N2O4S. The molecule has 0 unspecified atom stereocenters. The first-order chi connectivity index (χ1) is 12.7. The van der Waals surface area contributed by atoms with Gasteiger partial charge in [-0.25, -0.2) is 8.42 Å². The number of nitrogens with zero attached hydrogens (tertiary/aromatic N) is 1. The number of halogens is 2. The Kier molecular flexibility index (Phi) is 7.35. The molecule has 0 aliphatic carbocycles. The maximum Gasteiger partial charge on any atom is 0.232 e. The number of hydrogen-bond acceptors (Lipinski definition) is 4. The molecule has 0 radical (unpaired) electrons. The van der Waals surface area contributed by atoms with Gasteiger partial charge in [0.25, 0.3) is 0 Å². The molecule has 1 amide bonds. The van der Waals surface area contributed by atoms with Crippen LogP contribution in [0.2, 0.25) is 10.0 Å². The van der Waals surface area contributed by atoms with E-state index in [4.69, 9.17) is 27.9 Å². The number of carbonyl (C=O) groups excluding carboxylic acids is 1. The SMILES string of the molecule is COc1ccc(N(CCCC(=O)Nc2cc(Cl)cc(Cl)c2)S(C)(=O)=O)cc1. The summed E-state index contributed by atoms with van der Waals surface area (Å²) in [5.41, 5.74) is 1.01. The third-order valence-corrected chi connectivity index (χ3v) is 5.30. The van der Waals surface area contributed by atoms with E-state index in [1.54, 1.807) is 42.5 Å². The average molecular weight is 431 g/mol. The number of rotatable bonds is 8. The van der Waals surface area contributed by atoms with Gasteiger partial charge in [-0.3, -0.25) is 9.10 Å². The number of amides is 1. The lowest BCUT2D eigenvalue weighted by Gasteiger charge is -2.22. The lowest BCUT2D eigenvalue weighted by molar-refractivity contribution is -0.116. The fourth-order valence-electron chi connectivity index (χ4n) is 2.47. The Balaban J connectivity index is 1.97. The van der Waals surface area contributed by atoms with Crippen molar-refractivity contribution in [3.63, 3.8) is 0 Å².